The van der Waals surface area contributed by atoms with E-state index in [2.05, 4.69) is 5.10 Å². The molecule has 6 heteroatoms. The first-order chi connectivity index (χ1) is 10.4. The van der Waals surface area contributed by atoms with Gasteiger partial charge in [-0.2, -0.15) is 5.10 Å². The molecule has 0 aliphatic heterocycles. The Morgan fingerprint density at radius 2 is 1.91 bits per heavy atom. The minimum atomic E-state index is -1.03. The quantitative estimate of drug-likeness (QED) is 0.918. The number of nitrogens with zero attached hydrogens (tertiary/aromatic N) is 3. The molecule has 1 aromatic carbocycles. The van der Waals surface area contributed by atoms with E-state index in [1.54, 1.807) is 31.6 Å². The first-order valence-corrected chi connectivity index (χ1v) is 7.04. The van der Waals surface area contributed by atoms with Crippen molar-refractivity contribution in [2.24, 2.45) is 0 Å². The van der Waals surface area contributed by atoms with Gasteiger partial charge in [-0.15, -0.1) is 0 Å². The molecule has 0 aliphatic rings. The summed E-state index contributed by atoms with van der Waals surface area (Å²) in [6, 6.07) is 9.25. The Balaban J connectivity index is 2.34. The molecule has 0 spiro atoms. The Kier molecular flexibility index (Phi) is 4.60. The number of carbonyl (C=O) groups excluding carboxylic acids is 1. The largest absolute Gasteiger partial charge is 0.480 e. The van der Waals surface area contributed by atoms with E-state index in [4.69, 9.17) is 5.11 Å². The molecular weight excluding hydrogens is 282 g/mol. The van der Waals surface area contributed by atoms with Crippen molar-refractivity contribution in [2.75, 3.05) is 6.54 Å². The van der Waals surface area contributed by atoms with Crippen LogP contribution >= 0.6 is 0 Å². The van der Waals surface area contributed by atoms with Crippen molar-refractivity contribution in [1.82, 2.24) is 14.7 Å². The van der Waals surface area contributed by atoms with Gasteiger partial charge in [-0.1, -0.05) is 18.2 Å². The summed E-state index contributed by atoms with van der Waals surface area (Å²) in [4.78, 5) is 24.9. The standard InChI is InChI=1S/C16H19N3O3/c1-11(2)18(10-15(20)21)16(22)14-9-19(17-12(14)3)13-7-5-4-6-8-13/h4-9,11H,10H2,1-3H3,(H,20,21). The fraction of sp³-hybridized carbons (Fsp3) is 0.312. The van der Waals surface area contributed by atoms with Gasteiger partial charge in [0.15, 0.2) is 0 Å². The number of hydrogen-bond acceptors (Lipinski definition) is 3. The Labute approximate surface area is 129 Å². The van der Waals surface area contributed by atoms with E-state index in [1.165, 1.54) is 4.90 Å². The number of amides is 1. The van der Waals surface area contributed by atoms with Gasteiger partial charge in [0.25, 0.3) is 5.91 Å². The Hall–Kier alpha value is -2.63. The summed E-state index contributed by atoms with van der Waals surface area (Å²) >= 11 is 0. The lowest BCUT2D eigenvalue weighted by Crippen LogP contribution is -2.40. The Bertz CT molecular complexity index is 677. The molecule has 0 unspecified atom stereocenters. The highest BCUT2D eigenvalue weighted by Crippen LogP contribution is 2.15. The number of para-hydroxylation sites is 1. The van der Waals surface area contributed by atoms with Gasteiger partial charge in [-0.25, -0.2) is 4.68 Å². The van der Waals surface area contributed by atoms with E-state index in [9.17, 15) is 9.59 Å². The number of aryl methyl sites for hydroxylation is 1. The third kappa shape index (κ3) is 3.33. The number of carboxylic acid groups (broad SMARTS) is 1. The number of aromatic nitrogens is 2. The summed E-state index contributed by atoms with van der Waals surface area (Å²) < 4.78 is 1.63. The second-order valence-corrected chi connectivity index (χ2v) is 5.33. The maximum absolute atomic E-state index is 12.6. The molecule has 1 aromatic heterocycles. The minimum absolute atomic E-state index is 0.205. The molecule has 0 saturated heterocycles. The van der Waals surface area contributed by atoms with Crippen molar-refractivity contribution >= 4 is 11.9 Å². The van der Waals surface area contributed by atoms with Crippen LogP contribution in [0.15, 0.2) is 36.5 Å². The maximum Gasteiger partial charge on any atom is 0.323 e. The van der Waals surface area contributed by atoms with Crippen LogP contribution in [0.25, 0.3) is 5.69 Å². The molecule has 1 N–H and O–H groups in total. The van der Waals surface area contributed by atoms with Crippen LogP contribution in [-0.4, -0.2) is 44.3 Å². The smallest absolute Gasteiger partial charge is 0.323 e. The van der Waals surface area contributed by atoms with Crippen molar-refractivity contribution in [3.05, 3.63) is 47.8 Å². The van der Waals surface area contributed by atoms with Gasteiger partial charge in [0.05, 0.1) is 16.9 Å². The van der Waals surface area contributed by atoms with Gasteiger partial charge < -0.3 is 10.0 Å². The molecule has 0 atom stereocenters. The Morgan fingerprint density at radius 3 is 2.45 bits per heavy atom. The van der Waals surface area contributed by atoms with E-state index in [1.807, 2.05) is 30.3 Å². The average Bonchev–Trinajstić information content (AvgIpc) is 2.86. The molecule has 1 amide bonds. The summed E-state index contributed by atoms with van der Waals surface area (Å²) in [5, 5.41) is 13.3. The zero-order chi connectivity index (χ0) is 16.3. The normalized spacial score (nSPS) is 10.7. The molecule has 22 heavy (non-hydrogen) atoms. The van der Waals surface area contributed by atoms with Gasteiger partial charge in [0, 0.05) is 12.2 Å². The number of aliphatic carboxylic acids is 1. The number of carboxylic acids is 1. The maximum atomic E-state index is 12.6. The van der Waals surface area contributed by atoms with Gasteiger partial charge in [-0.3, -0.25) is 9.59 Å². The van der Waals surface area contributed by atoms with Crippen LogP contribution < -0.4 is 0 Å². The first-order valence-electron chi connectivity index (χ1n) is 7.04. The van der Waals surface area contributed by atoms with Crippen molar-refractivity contribution < 1.29 is 14.7 Å². The molecule has 0 fully saturated rings. The minimum Gasteiger partial charge on any atom is -0.480 e. The molecule has 1 heterocycles. The second-order valence-electron chi connectivity index (χ2n) is 5.33. The Morgan fingerprint density at radius 1 is 1.27 bits per heavy atom. The van der Waals surface area contributed by atoms with Crippen LogP contribution in [0.4, 0.5) is 0 Å². The molecule has 6 nitrogen and oxygen atoms in total. The highest BCUT2D eigenvalue weighted by atomic mass is 16.4. The molecule has 2 aromatic rings. The van der Waals surface area contributed by atoms with Crippen LogP contribution in [0, 0.1) is 6.92 Å². The molecule has 0 bridgehead atoms. The van der Waals surface area contributed by atoms with Gasteiger partial charge in [0.2, 0.25) is 0 Å². The molecule has 0 radical (unpaired) electrons. The van der Waals surface area contributed by atoms with E-state index in [-0.39, 0.29) is 18.5 Å². The summed E-state index contributed by atoms with van der Waals surface area (Å²) in [5.74, 6) is -1.35. The van der Waals surface area contributed by atoms with E-state index >= 15 is 0 Å². The van der Waals surface area contributed by atoms with E-state index in [0.717, 1.165) is 5.69 Å². The van der Waals surface area contributed by atoms with Gasteiger partial charge >= 0.3 is 5.97 Å². The zero-order valence-corrected chi connectivity index (χ0v) is 12.9. The molecule has 116 valence electrons. The third-order valence-corrected chi connectivity index (χ3v) is 3.34. The summed E-state index contributed by atoms with van der Waals surface area (Å²) in [6.07, 6.45) is 1.64. The number of carbonyl (C=O) groups is 2. The van der Waals surface area contributed by atoms with E-state index in [0.29, 0.717) is 11.3 Å². The lowest BCUT2D eigenvalue weighted by atomic mass is 10.2. The first kappa shape index (κ1) is 15.8. The van der Waals surface area contributed by atoms with Crippen molar-refractivity contribution in [1.29, 1.82) is 0 Å². The van der Waals surface area contributed by atoms with Crippen LogP contribution in [0.5, 0.6) is 0 Å². The van der Waals surface area contributed by atoms with Gasteiger partial charge in [0.1, 0.15) is 6.54 Å². The van der Waals surface area contributed by atoms with E-state index < -0.39 is 5.97 Å². The monoisotopic (exact) mass is 301 g/mol. The highest BCUT2D eigenvalue weighted by Gasteiger charge is 2.24. The lowest BCUT2D eigenvalue weighted by molar-refractivity contribution is -0.138. The average molecular weight is 301 g/mol. The van der Waals surface area contributed by atoms with Gasteiger partial charge in [-0.05, 0) is 32.9 Å². The molecule has 2 rings (SSSR count). The summed E-state index contributed by atoms with van der Waals surface area (Å²) in [7, 11) is 0. The lowest BCUT2D eigenvalue weighted by Gasteiger charge is -2.24. The molecule has 0 saturated carbocycles. The van der Waals surface area contributed by atoms with Crippen molar-refractivity contribution in [3.8, 4) is 5.69 Å². The van der Waals surface area contributed by atoms with Crippen LogP contribution in [0.3, 0.4) is 0 Å². The summed E-state index contributed by atoms with van der Waals surface area (Å²) in [6.45, 7) is 4.99. The highest BCUT2D eigenvalue weighted by molar-refractivity contribution is 5.96. The van der Waals surface area contributed by atoms with Crippen LogP contribution in [0.2, 0.25) is 0 Å². The topological polar surface area (TPSA) is 75.4 Å². The predicted molar refractivity (Wildman–Crippen MR) is 82.1 cm³/mol. The fourth-order valence-electron chi connectivity index (χ4n) is 2.17. The van der Waals surface area contributed by atoms with Crippen LogP contribution in [-0.2, 0) is 4.79 Å². The fourth-order valence-corrected chi connectivity index (χ4v) is 2.17. The number of benzene rings is 1. The molecule has 0 aliphatic carbocycles. The SMILES string of the molecule is Cc1nn(-c2ccccc2)cc1C(=O)N(CC(=O)O)C(C)C. The van der Waals surface area contributed by atoms with Crippen molar-refractivity contribution in [3.63, 3.8) is 0 Å². The third-order valence-electron chi connectivity index (χ3n) is 3.34. The van der Waals surface area contributed by atoms with Crippen LogP contribution in [0.1, 0.15) is 29.9 Å². The molecular formula is C16H19N3O3. The van der Waals surface area contributed by atoms with Crippen molar-refractivity contribution in [2.45, 2.75) is 26.8 Å². The predicted octanol–water partition coefficient (Wildman–Crippen LogP) is 2.12. The summed E-state index contributed by atoms with van der Waals surface area (Å²) in [5.41, 5.74) is 1.84. The number of rotatable bonds is 5. The second kappa shape index (κ2) is 6.43. The zero-order valence-electron chi connectivity index (χ0n) is 12.9. The number of hydrogen-bond donors (Lipinski definition) is 1.